The quantitative estimate of drug-likeness (QED) is 0.816. The molecule has 0 saturated heterocycles. The Bertz CT molecular complexity index is 851. The molecule has 8 heteroatoms. The number of nitrogens with two attached hydrogens (primary N) is 1. The van der Waals surface area contributed by atoms with Gasteiger partial charge in [0.25, 0.3) is 15.9 Å². The maximum atomic E-state index is 12.4. The van der Waals surface area contributed by atoms with Crippen LogP contribution in [0.15, 0.2) is 46.0 Å². The van der Waals surface area contributed by atoms with Crippen LogP contribution in [0.3, 0.4) is 0 Å². The molecule has 3 rings (SSSR count). The van der Waals surface area contributed by atoms with E-state index in [1.165, 1.54) is 24.4 Å². The fourth-order valence-electron chi connectivity index (χ4n) is 2.17. The summed E-state index contributed by atoms with van der Waals surface area (Å²) in [6, 6.07) is 5.92. The van der Waals surface area contributed by atoms with Crippen LogP contribution in [-0.4, -0.2) is 23.6 Å². The van der Waals surface area contributed by atoms with Crippen molar-refractivity contribution in [3.05, 3.63) is 52.3 Å². The summed E-state index contributed by atoms with van der Waals surface area (Å²) in [5.74, 6) is -0.572. The molecule has 0 bridgehead atoms. The number of nitrogen functional groups attached to an aromatic ring is 1. The summed E-state index contributed by atoms with van der Waals surface area (Å²) in [5.41, 5.74) is 6.69. The van der Waals surface area contributed by atoms with E-state index >= 15 is 0 Å². The van der Waals surface area contributed by atoms with Crippen molar-refractivity contribution in [3.8, 4) is 0 Å². The van der Waals surface area contributed by atoms with Gasteiger partial charge in [-0.1, -0.05) is 0 Å². The van der Waals surface area contributed by atoms with Crippen LogP contribution in [0.25, 0.3) is 0 Å². The van der Waals surface area contributed by atoms with Crippen molar-refractivity contribution in [2.45, 2.75) is 11.4 Å². The largest absolute Gasteiger partial charge is 0.399 e. The highest BCUT2D eigenvalue weighted by atomic mass is 79.9. The fourth-order valence-corrected chi connectivity index (χ4v) is 4.12. The van der Waals surface area contributed by atoms with E-state index < -0.39 is 15.9 Å². The molecule has 0 spiro atoms. The Morgan fingerprint density at radius 2 is 2.00 bits per heavy atom. The molecule has 2 heterocycles. The third-order valence-corrected chi connectivity index (χ3v) is 5.34. The van der Waals surface area contributed by atoms with Crippen LogP contribution in [-0.2, 0) is 16.6 Å². The number of hydrogen-bond acceptors (Lipinski definition) is 5. The standard InChI is InChI=1S/C13H10BrN3O3S/c14-9-3-8(5-16-6-9)7-17-13(18)11-4-10(15)1-2-12(11)21(17,19)20/h1-6H,7,15H2. The first kappa shape index (κ1) is 14.0. The minimum absolute atomic E-state index is 0.00958. The normalized spacial score (nSPS) is 16.0. The van der Waals surface area contributed by atoms with Crippen LogP contribution in [0.1, 0.15) is 15.9 Å². The first-order chi connectivity index (χ1) is 9.89. The number of pyridine rings is 1. The molecule has 0 radical (unpaired) electrons. The predicted octanol–water partition coefficient (Wildman–Crippen LogP) is 1.77. The summed E-state index contributed by atoms with van der Waals surface area (Å²) in [4.78, 5) is 16.3. The summed E-state index contributed by atoms with van der Waals surface area (Å²) in [6.07, 6.45) is 3.10. The number of halogens is 1. The second-order valence-electron chi connectivity index (χ2n) is 4.58. The van der Waals surface area contributed by atoms with Gasteiger partial charge in [0.05, 0.1) is 12.1 Å². The van der Waals surface area contributed by atoms with Crippen molar-refractivity contribution < 1.29 is 13.2 Å². The van der Waals surface area contributed by atoms with Gasteiger partial charge in [0.15, 0.2) is 0 Å². The molecule has 1 aromatic heterocycles. The number of aromatic nitrogens is 1. The molecule has 1 aromatic carbocycles. The molecule has 2 N–H and O–H groups in total. The van der Waals surface area contributed by atoms with Gasteiger partial charge in [-0.25, -0.2) is 12.7 Å². The molecule has 0 saturated carbocycles. The third-order valence-electron chi connectivity index (χ3n) is 3.12. The van der Waals surface area contributed by atoms with E-state index in [9.17, 15) is 13.2 Å². The number of nitrogens with zero attached hydrogens (tertiary/aromatic N) is 2. The summed E-state index contributed by atoms with van der Waals surface area (Å²) in [7, 11) is -3.84. The Balaban J connectivity index is 2.04. The smallest absolute Gasteiger partial charge is 0.269 e. The lowest BCUT2D eigenvalue weighted by Gasteiger charge is -2.14. The molecular formula is C13H10BrN3O3S. The van der Waals surface area contributed by atoms with Gasteiger partial charge < -0.3 is 5.73 Å². The Labute approximate surface area is 129 Å². The van der Waals surface area contributed by atoms with Crippen LogP contribution < -0.4 is 5.73 Å². The number of fused-ring (bicyclic) bond motifs is 1. The molecular weight excluding hydrogens is 358 g/mol. The molecule has 0 aliphatic carbocycles. The number of benzene rings is 1. The number of hydrogen-bond donors (Lipinski definition) is 1. The van der Waals surface area contributed by atoms with Crippen LogP contribution in [0.5, 0.6) is 0 Å². The van der Waals surface area contributed by atoms with E-state index in [4.69, 9.17) is 5.73 Å². The molecule has 0 unspecified atom stereocenters. The average Bonchev–Trinajstić information content (AvgIpc) is 2.60. The fraction of sp³-hybridized carbons (Fsp3) is 0.0769. The van der Waals surface area contributed by atoms with Crippen molar-refractivity contribution in [3.63, 3.8) is 0 Å². The van der Waals surface area contributed by atoms with Crippen molar-refractivity contribution >= 4 is 37.5 Å². The minimum Gasteiger partial charge on any atom is -0.399 e. The molecule has 2 aromatic rings. The van der Waals surface area contributed by atoms with Gasteiger partial charge in [-0.05, 0) is 45.8 Å². The Morgan fingerprint density at radius 3 is 2.71 bits per heavy atom. The van der Waals surface area contributed by atoms with Gasteiger partial charge in [-0.3, -0.25) is 9.78 Å². The van der Waals surface area contributed by atoms with Crippen LogP contribution in [0.2, 0.25) is 0 Å². The van der Waals surface area contributed by atoms with E-state index in [0.29, 0.717) is 15.7 Å². The van der Waals surface area contributed by atoms with Gasteiger partial charge in [0.2, 0.25) is 0 Å². The maximum Gasteiger partial charge on any atom is 0.269 e. The van der Waals surface area contributed by atoms with E-state index in [-0.39, 0.29) is 17.0 Å². The zero-order valence-electron chi connectivity index (χ0n) is 10.7. The molecule has 1 amide bonds. The maximum absolute atomic E-state index is 12.4. The number of amides is 1. The Kier molecular flexibility index (Phi) is 3.22. The van der Waals surface area contributed by atoms with Crippen LogP contribution in [0, 0.1) is 0 Å². The number of sulfonamides is 1. The van der Waals surface area contributed by atoms with Crippen molar-refractivity contribution in [2.24, 2.45) is 0 Å². The van der Waals surface area contributed by atoms with E-state index in [2.05, 4.69) is 20.9 Å². The number of carbonyl (C=O) groups is 1. The minimum atomic E-state index is -3.84. The lowest BCUT2D eigenvalue weighted by Crippen LogP contribution is -2.29. The van der Waals surface area contributed by atoms with E-state index in [1.54, 1.807) is 12.3 Å². The van der Waals surface area contributed by atoms with E-state index in [1.807, 2.05) is 0 Å². The highest BCUT2D eigenvalue weighted by Gasteiger charge is 2.41. The highest BCUT2D eigenvalue weighted by Crippen LogP contribution is 2.32. The molecule has 6 nitrogen and oxygen atoms in total. The second kappa shape index (κ2) is 4.81. The topological polar surface area (TPSA) is 93.4 Å². The van der Waals surface area contributed by atoms with Crippen molar-refractivity contribution in [1.29, 1.82) is 0 Å². The van der Waals surface area contributed by atoms with Gasteiger partial charge in [0.1, 0.15) is 4.90 Å². The summed E-state index contributed by atoms with van der Waals surface area (Å²) in [6.45, 7) is -0.0673. The van der Waals surface area contributed by atoms with Gasteiger partial charge in [-0.2, -0.15) is 0 Å². The van der Waals surface area contributed by atoms with Gasteiger partial charge in [-0.15, -0.1) is 0 Å². The zero-order chi connectivity index (χ0) is 15.2. The number of rotatable bonds is 2. The lowest BCUT2D eigenvalue weighted by atomic mass is 10.2. The molecule has 1 aliphatic rings. The summed E-state index contributed by atoms with van der Waals surface area (Å²) >= 11 is 3.26. The average molecular weight is 368 g/mol. The number of anilines is 1. The number of carbonyl (C=O) groups excluding carboxylic acids is 1. The summed E-state index contributed by atoms with van der Waals surface area (Å²) < 4.78 is 26.4. The molecule has 0 fully saturated rings. The zero-order valence-corrected chi connectivity index (χ0v) is 13.1. The first-order valence-corrected chi connectivity index (χ1v) is 8.19. The van der Waals surface area contributed by atoms with E-state index in [0.717, 1.165) is 4.31 Å². The monoisotopic (exact) mass is 367 g/mol. The van der Waals surface area contributed by atoms with Crippen molar-refractivity contribution in [1.82, 2.24) is 9.29 Å². The van der Waals surface area contributed by atoms with Crippen LogP contribution in [0.4, 0.5) is 5.69 Å². The van der Waals surface area contributed by atoms with Crippen LogP contribution >= 0.6 is 15.9 Å². The highest BCUT2D eigenvalue weighted by molar-refractivity contribution is 9.10. The van der Waals surface area contributed by atoms with Gasteiger partial charge >= 0.3 is 0 Å². The Hall–Kier alpha value is -1.93. The first-order valence-electron chi connectivity index (χ1n) is 5.95. The Morgan fingerprint density at radius 1 is 1.24 bits per heavy atom. The lowest BCUT2D eigenvalue weighted by molar-refractivity contribution is 0.0865. The van der Waals surface area contributed by atoms with Gasteiger partial charge in [0, 0.05) is 22.6 Å². The van der Waals surface area contributed by atoms with Crippen molar-refractivity contribution in [2.75, 3.05) is 5.73 Å². The SMILES string of the molecule is Nc1ccc2c(c1)C(=O)N(Cc1cncc(Br)c1)S2(=O)=O. The molecule has 108 valence electrons. The second-order valence-corrected chi connectivity index (χ2v) is 7.33. The molecule has 0 atom stereocenters. The molecule has 21 heavy (non-hydrogen) atoms. The third kappa shape index (κ3) is 2.30. The molecule has 1 aliphatic heterocycles. The summed E-state index contributed by atoms with van der Waals surface area (Å²) in [5, 5.41) is 0. The predicted molar refractivity (Wildman–Crippen MR) is 79.9 cm³/mol.